The van der Waals surface area contributed by atoms with Crippen molar-refractivity contribution in [2.75, 3.05) is 32.8 Å². The molecule has 1 aliphatic rings. The number of hydrogen-bond acceptors (Lipinski definition) is 5. The van der Waals surface area contributed by atoms with Crippen LogP contribution < -0.4 is 20.1 Å². The maximum Gasteiger partial charge on any atom is 0.261 e. The molecule has 0 fully saturated rings. The Bertz CT molecular complexity index is 684. The molecule has 0 bridgehead atoms. The molecule has 6 heteroatoms. The maximum absolute atomic E-state index is 12.1. The predicted molar refractivity (Wildman–Crippen MR) is 91.6 cm³/mol. The van der Waals surface area contributed by atoms with E-state index in [1.54, 1.807) is 0 Å². The Labute approximate surface area is 139 Å². The van der Waals surface area contributed by atoms with Gasteiger partial charge in [-0.05, 0) is 42.4 Å². The van der Waals surface area contributed by atoms with Crippen molar-refractivity contribution in [3.05, 3.63) is 35.2 Å². The van der Waals surface area contributed by atoms with Crippen molar-refractivity contribution in [3.63, 3.8) is 0 Å². The van der Waals surface area contributed by atoms with Crippen molar-refractivity contribution < 1.29 is 14.3 Å². The molecule has 0 radical (unpaired) electrons. The summed E-state index contributed by atoms with van der Waals surface area (Å²) in [5.74, 6) is 1.51. The maximum atomic E-state index is 12.1. The van der Waals surface area contributed by atoms with Crippen LogP contribution in [0.3, 0.4) is 0 Å². The third-order valence-electron chi connectivity index (χ3n) is 3.49. The summed E-state index contributed by atoms with van der Waals surface area (Å²) >= 11 is 1.48. The van der Waals surface area contributed by atoms with Gasteiger partial charge in [0.2, 0.25) is 0 Å². The Morgan fingerprint density at radius 2 is 1.96 bits per heavy atom. The van der Waals surface area contributed by atoms with Crippen molar-refractivity contribution in [3.8, 4) is 21.9 Å². The highest BCUT2D eigenvalue weighted by atomic mass is 32.1. The van der Waals surface area contributed by atoms with E-state index in [0.717, 1.165) is 35.0 Å². The molecule has 0 unspecified atom stereocenters. The molecule has 3 rings (SSSR count). The lowest BCUT2D eigenvalue weighted by Crippen LogP contribution is -2.31. The molecule has 2 aromatic rings. The molecule has 5 nitrogen and oxygen atoms in total. The van der Waals surface area contributed by atoms with Crippen LogP contribution in [0.1, 0.15) is 16.6 Å². The van der Waals surface area contributed by atoms with E-state index in [1.165, 1.54) is 11.3 Å². The molecule has 122 valence electrons. The van der Waals surface area contributed by atoms with Gasteiger partial charge in [0.25, 0.3) is 5.91 Å². The van der Waals surface area contributed by atoms with E-state index in [9.17, 15) is 4.79 Å². The highest BCUT2D eigenvalue weighted by Crippen LogP contribution is 2.36. The smallest absolute Gasteiger partial charge is 0.261 e. The van der Waals surface area contributed by atoms with Gasteiger partial charge < -0.3 is 20.1 Å². The number of rotatable bonds is 6. The van der Waals surface area contributed by atoms with Crippen LogP contribution in [0.4, 0.5) is 0 Å². The number of carbonyl (C=O) groups excluding carboxylic acids is 1. The summed E-state index contributed by atoms with van der Waals surface area (Å²) in [5, 5.41) is 6.09. The molecule has 1 aliphatic heterocycles. The van der Waals surface area contributed by atoms with E-state index in [0.29, 0.717) is 24.6 Å². The highest BCUT2D eigenvalue weighted by Gasteiger charge is 2.14. The number of hydrogen-bond donors (Lipinski definition) is 2. The van der Waals surface area contributed by atoms with E-state index in [-0.39, 0.29) is 5.91 Å². The average molecular weight is 332 g/mol. The van der Waals surface area contributed by atoms with Crippen molar-refractivity contribution in [2.24, 2.45) is 0 Å². The summed E-state index contributed by atoms with van der Waals surface area (Å²) in [4.78, 5) is 13.9. The standard InChI is InChI=1S/C17H20N2O3S/c1-2-18-7-8-19-17(20)16-6-5-15(23-16)12-3-4-13-14(11-12)22-10-9-21-13/h3-6,11,18H,2,7-10H2,1H3,(H,19,20). The average Bonchev–Trinajstić information content (AvgIpc) is 3.08. The molecule has 0 aliphatic carbocycles. The van der Waals surface area contributed by atoms with Gasteiger partial charge in [0, 0.05) is 18.0 Å². The lowest BCUT2D eigenvalue weighted by molar-refractivity contribution is 0.0958. The number of fused-ring (bicyclic) bond motifs is 1. The SMILES string of the molecule is CCNCCNC(=O)c1ccc(-c2ccc3c(c2)OCCO3)s1. The summed E-state index contributed by atoms with van der Waals surface area (Å²) in [7, 11) is 0. The van der Waals surface area contributed by atoms with Gasteiger partial charge in [-0.3, -0.25) is 4.79 Å². The first-order valence-corrected chi connectivity index (χ1v) is 8.58. The molecule has 1 amide bonds. The zero-order valence-corrected chi connectivity index (χ0v) is 13.9. The monoisotopic (exact) mass is 332 g/mol. The Hall–Kier alpha value is -2.05. The molecular formula is C17H20N2O3S. The molecule has 1 aromatic carbocycles. The van der Waals surface area contributed by atoms with Gasteiger partial charge >= 0.3 is 0 Å². The minimum absolute atomic E-state index is 0.0308. The number of amides is 1. The number of thiophene rings is 1. The second-order valence-corrected chi connectivity index (χ2v) is 6.22. The van der Waals surface area contributed by atoms with Crippen LogP contribution in [0.2, 0.25) is 0 Å². The molecule has 1 aromatic heterocycles. The van der Waals surface area contributed by atoms with Crippen molar-refractivity contribution in [2.45, 2.75) is 6.92 Å². The first kappa shape index (κ1) is 15.8. The number of benzene rings is 1. The zero-order valence-electron chi connectivity index (χ0n) is 13.1. The Kier molecular flexibility index (Phi) is 5.15. The fraction of sp³-hybridized carbons (Fsp3) is 0.353. The first-order valence-electron chi connectivity index (χ1n) is 7.76. The molecule has 2 heterocycles. The van der Waals surface area contributed by atoms with Gasteiger partial charge in [-0.25, -0.2) is 0 Å². The normalized spacial score (nSPS) is 12.9. The minimum atomic E-state index is -0.0308. The topological polar surface area (TPSA) is 59.6 Å². The Morgan fingerprint density at radius 1 is 1.13 bits per heavy atom. The summed E-state index contributed by atoms with van der Waals surface area (Å²) in [6, 6.07) is 9.70. The van der Waals surface area contributed by atoms with Crippen molar-refractivity contribution in [1.29, 1.82) is 0 Å². The molecule has 23 heavy (non-hydrogen) atoms. The lowest BCUT2D eigenvalue weighted by Gasteiger charge is -2.18. The van der Waals surface area contributed by atoms with Gasteiger partial charge in [0.15, 0.2) is 11.5 Å². The number of likely N-dealkylation sites (N-methyl/N-ethyl adjacent to an activating group) is 1. The van der Waals surface area contributed by atoms with Crippen LogP contribution in [-0.2, 0) is 0 Å². The first-order chi connectivity index (χ1) is 11.3. The van der Waals surface area contributed by atoms with Gasteiger partial charge in [0.05, 0.1) is 4.88 Å². The third-order valence-corrected chi connectivity index (χ3v) is 4.63. The molecule has 0 saturated heterocycles. The summed E-state index contributed by atoms with van der Waals surface area (Å²) < 4.78 is 11.1. The second kappa shape index (κ2) is 7.48. The van der Waals surface area contributed by atoms with Crippen LogP contribution in [0.25, 0.3) is 10.4 Å². The van der Waals surface area contributed by atoms with Crippen molar-refractivity contribution >= 4 is 17.2 Å². The van der Waals surface area contributed by atoms with E-state index in [4.69, 9.17) is 9.47 Å². The van der Waals surface area contributed by atoms with Gasteiger partial charge in [-0.1, -0.05) is 6.92 Å². The Balaban J connectivity index is 1.68. The lowest BCUT2D eigenvalue weighted by atomic mass is 10.1. The van der Waals surface area contributed by atoms with E-state index in [2.05, 4.69) is 10.6 Å². The van der Waals surface area contributed by atoms with Crippen LogP contribution in [0.5, 0.6) is 11.5 Å². The van der Waals surface area contributed by atoms with Gasteiger partial charge in [-0.15, -0.1) is 11.3 Å². The summed E-state index contributed by atoms with van der Waals surface area (Å²) in [6.07, 6.45) is 0. The van der Waals surface area contributed by atoms with Gasteiger partial charge in [-0.2, -0.15) is 0 Å². The molecular weight excluding hydrogens is 312 g/mol. The zero-order chi connectivity index (χ0) is 16.1. The van der Waals surface area contributed by atoms with Crippen LogP contribution >= 0.6 is 11.3 Å². The van der Waals surface area contributed by atoms with E-state index >= 15 is 0 Å². The fourth-order valence-electron chi connectivity index (χ4n) is 2.34. The summed E-state index contributed by atoms with van der Waals surface area (Å²) in [6.45, 7) is 5.51. The number of ether oxygens (including phenoxy) is 2. The predicted octanol–water partition coefficient (Wildman–Crippen LogP) is 2.53. The van der Waals surface area contributed by atoms with E-state index in [1.807, 2.05) is 37.3 Å². The van der Waals surface area contributed by atoms with Crippen LogP contribution in [0.15, 0.2) is 30.3 Å². The van der Waals surface area contributed by atoms with Crippen LogP contribution in [-0.4, -0.2) is 38.8 Å². The largest absolute Gasteiger partial charge is 0.486 e. The quantitative estimate of drug-likeness (QED) is 0.798. The second-order valence-electron chi connectivity index (χ2n) is 5.13. The molecule has 0 atom stereocenters. The van der Waals surface area contributed by atoms with Crippen LogP contribution in [0, 0.1) is 0 Å². The molecule has 0 spiro atoms. The van der Waals surface area contributed by atoms with E-state index < -0.39 is 0 Å². The van der Waals surface area contributed by atoms with Gasteiger partial charge in [0.1, 0.15) is 13.2 Å². The Morgan fingerprint density at radius 3 is 2.78 bits per heavy atom. The van der Waals surface area contributed by atoms with Crippen molar-refractivity contribution in [1.82, 2.24) is 10.6 Å². The number of nitrogens with one attached hydrogen (secondary N) is 2. The molecule has 2 N–H and O–H groups in total. The third kappa shape index (κ3) is 3.83. The summed E-state index contributed by atoms with van der Waals surface area (Å²) in [5.41, 5.74) is 1.03. The number of carbonyl (C=O) groups is 1. The minimum Gasteiger partial charge on any atom is -0.486 e. The molecule has 0 saturated carbocycles. The fourth-order valence-corrected chi connectivity index (χ4v) is 3.26. The highest BCUT2D eigenvalue weighted by molar-refractivity contribution is 7.17.